The van der Waals surface area contributed by atoms with Gasteiger partial charge in [0.1, 0.15) is 0 Å². The second-order valence-electron chi connectivity index (χ2n) is 4.22. The summed E-state index contributed by atoms with van der Waals surface area (Å²) in [6, 6.07) is 0. The summed E-state index contributed by atoms with van der Waals surface area (Å²) in [5.74, 6) is 0.925. The Morgan fingerprint density at radius 1 is 1.40 bits per heavy atom. The van der Waals surface area contributed by atoms with Gasteiger partial charge in [-0.15, -0.1) is 0 Å². The second kappa shape index (κ2) is 7.65. The van der Waals surface area contributed by atoms with Gasteiger partial charge in [-0.05, 0) is 51.2 Å². The Kier molecular flexibility index (Phi) is 6.36. The molecule has 1 rings (SSSR count). The first-order chi connectivity index (χ1) is 7.33. The second-order valence-corrected chi connectivity index (χ2v) is 4.22. The minimum absolute atomic E-state index is 0.182. The predicted molar refractivity (Wildman–Crippen MR) is 61.5 cm³/mol. The fourth-order valence-electron chi connectivity index (χ4n) is 1.92. The van der Waals surface area contributed by atoms with E-state index in [9.17, 15) is 4.79 Å². The molecule has 1 fully saturated rings. The van der Waals surface area contributed by atoms with Gasteiger partial charge in [0, 0.05) is 13.0 Å². The molecule has 1 heterocycles. The van der Waals surface area contributed by atoms with Crippen molar-refractivity contribution < 1.29 is 4.79 Å². The highest BCUT2D eigenvalue weighted by molar-refractivity contribution is 5.75. The Morgan fingerprint density at radius 3 is 2.80 bits per heavy atom. The number of piperidine rings is 1. The van der Waals surface area contributed by atoms with Crippen molar-refractivity contribution in [3.05, 3.63) is 0 Å². The number of amides is 1. The van der Waals surface area contributed by atoms with Crippen LogP contribution >= 0.6 is 0 Å². The zero-order chi connectivity index (χ0) is 10.9. The van der Waals surface area contributed by atoms with E-state index < -0.39 is 0 Å². The molecule has 0 bridgehead atoms. The van der Waals surface area contributed by atoms with E-state index in [4.69, 9.17) is 5.73 Å². The first-order valence-electron chi connectivity index (χ1n) is 6.00. The summed E-state index contributed by atoms with van der Waals surface area (Å²) in [5.41, 5.74) is 5.35. The lowest BCUT2D eigenvalue weighted by Crippen LogP contribution is -2.30. The Balaban J connectivity index is 2.00. The van der Waals surface area contributed by atoms with E-state index in [0.717, 1.165) is 38.4 Å². The molecule has 1 aliphatic heterocycles. The molecule has 0 aromatic carbocycles. The predicted octanol–water partition coefficient (Wildman–Crippen LogP) is 0.231. The molecule has 1 amide bonds. The number of nitrogens with one attached hydrogen (secondary N) is 2. The van der Waals surface area contributed by atoms with E-state index in [-0.39, 0.29) is 5.91 Å². The van der Waals surface area contributed by atoms with E-state index >= 15 is 0 Å². The SMILES string of the molecule is NCCCNC(=O)CCC1CCNCC1. The fourth-order valence-corrected chi connectivity index (χ4v) is 1.92. The van der Waals surface area contributed by atoms with Gasteiger partial charge in [-0.25, -0.2) is 0 Å². The molecular weight excluding hydrogens is 190 g/mol. The molecule has 0 radical (unpaired) electrons. The quantitative estimate of drug-likeness (QED) is 0.553. The number of carbonyl (C=O) groups is 1. The van der Waals surface area contributed by atoms with Crippen LogP contribution in [0.1, 0.15) is 32.1 Å². The number of hydrogen-bond donors (Lipinski definition) is 3. The number of carbonyl (C=O) groups excluding carboxylic acids is 1. The summed E-state index contributed by atoms with van der Waals surface area (Å²) in [5, 5.41) is 6.22. The fraction of sp³-hybridized carbons (Fsp3) is 0.909. The number of nitrogens with two attached hydrogens (primary N) is 1. The average Bonchev–Trinajstić information content (AvgIpc) is 2.28. The van der Waals surface area contributed by atoms with Crippen molar-refractivity contribution in [1.29, 1.82) is 0 Å². The van der Waals surface area contributed by atoms with Crippen molar-refractivity contribution in [2.45, 2.75) is 32.1 Å². The van der Waals surface area contributed by atoms with Crippen molar-refractivity contribution in [1.82, 2.24) is 10.6 Å². The third kappa shape index (κ3) is 5.74. The first-order valence-corrected chi connectivity index (χ1v) is 6.00. The lowest BCUT2D eigenvalue weighted by atomic mass is 9.93. The molecule has 1 aliphatic rings. The summed E-state index contributed by atoms with van der Waals surface area (Å²) in [6.07, 6.45) is 5.02. The van der Waals surface area contributed by atoms with Gasteiger partial charge in [0.05, 0.1) is 0 Å². The molecular formula is C11H23N3O. The lowest BCUT2D eigenvalue weighted by Gasteiger charge is -2.22. The summed E-state index contributed by atoms with van der Waals surface area (Å²) in [7, 11) is 0. The molecule has 0 spiro atoms. The molecule has 1 saturated heterocycles. The standard InChI is InChI=1S/C11H23N3O/c12-6-1-7-14-11(15)3-2-10-4-8-13-9-5-10/h10,13H,1-9,12H2,(H,14,15). The number of hydrogen-bond acceptors (Lipinski definition) is 3. The van der Waals surface area contributed by atoms with Crippen molar-refractivity contribution in [2.75, 3.05) is 26.2 Å². The first kappa shape index (κ1) is 12.5. The number of rotatable bonds is 6. The molecule has 4 heteroatoms. The van der Waals surface area contributed by atoms with Crippen LogP contribution in [0.25, 0.3) is 0 Å². The highest BCUT2D eigenvalue weighted by Gasteiger charge is 2.13. The molecule has 88 valence electrons. The van der Waals surface area contributed by atoms with E-state index in [0.29, 0.717) is 13.0 Å². The van der Waals surface area contributed by atoms with Crippen LogP contribution in [-0.4, -0.2) is 32.1 Å². The van der Waals surface area contributed by atoms with E-state index in [1.807, 2.05) is 0 Å². The van der Waals surface area contributed by atoms with Gasteiger partial charge in [0.25, 0.3) is 0 Å². The zero-order valence-electron chi connectivity index (χ0n) is 9.43. The lowest BCUT2D eigenvalue weighted by molar-refractivity contribution is -0.121. The molecule has 0 aliphatic carbocycles. The third-order valence-electron chi connectivity index (χ3n) is 2.94. The van der Waals surface area contributed by atoms with Crippen molar-refractivity contribution >= 4 is 5.91 Å². The van der Waals surface area contributed by atoms with E-state index in [1.54, 1.807) is 0 Å². The molecule has 4 nitrogen and oxygen atoms in total. The van der Waals surface area contributed by atoms with Crippen LogP contribution in [0.5, 0.6) is 0 Å². The Labute approximate surface area is 92.0 Å². The Bertz CT molecular complexity index is 179. The van der Waals surface area contributed by atoms with Crippen LogP contribution in [0.4, 0.5) is 0 Å². The van der Waals surface area contributed by atoms with Gasteiger partial charge in [-0.2, -0.15) is 0 Å². The molecule has 0 aromatic heterocycles. The van der Waals surface area contributed by atoms with Gasteiger partial charge in [0.2, 0.25) is 5.91 Å². The zero-order valence-corrected chi connectivity index (χ0v) is 9.43. The van der Waals surface area contributed by atoms with Gasteiger partial charge in [-0.1, -0.05) is 0 Å². The molecule has 0 atom stereocenters. The maximum atomic E-state index is 11.4. The maximum absolute atomic E-state index is 11.4. The van der Waals surface area contributed by atoms with Gasteiger partial charge in [0.15, 0.2) is 0 Å². The maximum Gasteiger partial charge on any atom is 0.220 e. The normalized spacial score (nSPS) is 17.7. The summed E-state index contributed by atoms with van der Waals surface area (Å²) in [4.78, 5) is 11.4. The van der Waals surface area contributed by atoms with Crippen LogP contribution in [0.3, 0.4) is 0 Å². The topological polar surface area (TPSA) is 67.1 Å². The van der Waals surface area contributed by atoms with Crippen LogP contribution in [-0.2, 0) is 4.79 Å². The summed E-state index contributed by atoms with van der Waals surface area (Å²) in [6.45, 7) is 3.59. The van der Waals surface area contributed by atoms with Gasteiger partial charge >= 0.3 is 0 Å². The molecule has 0 aromatic rings. The molecule has 0 saturated carbocycles. The summed E-state index contributed by atoms with van der Waals surface area (Å²) >= 11 is 0. The third-order valence-corrected chi connectivity index (χ3v) is 2.94. The van der Waals surface area contributed by atoms with Crippen LogP contribution < -0.4 is 16.4 Å². The minimum atomic E-state index is 0.182. The Hall–Kier alpha value is -0.610. The highest BCUT2D eigenvalue weighted by Crippen LogP contribution is 2.17. The average molecular weight is 213 g/mol. The van der Waals surface area contributed by atoms with Crippen LogP contribution in [0, 0.1) is 5.92 Å². The largest absolute Gasteiger partial charge is 0.356 e. The van der Waals surface area contributed by atoms with Gasteiger partial charge in [-0.3, -0.25) is 4.79 Å². The van der Waals surface area contributed by atoms with Crippen molar-refractivity contribution in [2.24, 2.45) is 11.7 Å². The van der Waals surface area contributed by atoms with Crippen LogP contribution in [0.2, 0.25) is 0 Å². The Morgan fingerprint density at radius 2 is 2.13 bits per heavy atom. The smallest absolute Gasteiger partial charge is 0.220 e. The molecule has 0 unspecified atom stereocenters. The van der Waals surface area contributed by atoms with Crippen molar-refractivity contribution in [3.63, 3.8) is 0 Å². The minimum Gasteiger partial charge on any atom is -0.356 e. The van der Waals surface area contributed by atoms with E-state index in [2.05, 4.69) is 10.6 Å². The molecule has 4 N–H and O–H groups in total. The van der Waals surface area contributed by atoms with Crippen molar-refractivity contribution in [3.8, 4) is 0 Å². The van der Waals surface area contributed by atoms with E-state index in [1.165, 1.54) is 12.8 Å². The highest BCUT2D eigenvalue weighted by atomic mass is 16.1. The summed E-state index contributed by atoms with van der Waals surface area (Å²) < 4.78 is 0. The molecule has 15 heavy (non-hydrogen) atoms. The van der Waals surface area contributed by atoms with Crippen LogP contribution in [0.15, 0.2) is 0 Å². The monoisotopic (exact) mass is 213 g/mol. The van der Waals surface area contributed by atoms with Gasteiger partial charge < -0.3 is 16.4 Å².